The number of carbonyl (C=O) groups excluding carboxylic acids is 2. The van der Waals surface area contributed by atoms with Crippen molar-refractivity contribution in [3.8, 4) is 0 Å². The van der Waals surface area contributed by atoms with Gasteiger partial charge in [-0.3, -0.25) is 19.2 Å². The number of aliphatic imine (C=N–C) groups is 1. The van der Waals surface area contributed by atoms with Crippen LogP contribution in [0.1, 0.15) is 73.7 Å². The molecule has 2 amide bonds. The van der Waals surface area contributed by atoms with Gasteiger partial charge in [0.2, 0.25) is 0 Å². The van der Waals surface area contributed by atoms with Crippen LogP contribution >= 0.6 is 0 Å². The lowest BCUT2D eigenvalue weighted by atomic mass is 10.0. The molecule has 0 saturated heterocycles. The summed E-state index contributed by atoms with van der Waals surface area (Å²) in [6, 6.07) is 0. The first-order valence-corrected chi connectivity index (χ1v) is 14.1. The highest BCUT2D eigenvalue weighted by Crippen LogP contribution is 2.27. The summed E-state index contributed by atoms with van der Waals surface area (Å²) in [4.78, 5) is 58.6. The third kappa shape index (κ3) is 6.28. The lowest BCUT2D eigenvalue weighted by molar-refractivity contribution is -0.138. The molecule has 2 aliphatic rings. The van der Waals surface area contributed by atoms with Gasteiger partial charge >= 0.3 is 11.9 Å². The first-order chi connectivity index (χ1) is 20.4. The molecule has 43 heavy (non-hydrogen) atoms. The van der Waals surface area contributed by atoms with Crippen LogP contribution in [0.3, 0.4) is 0 Å². The fraction of sp³-hybridized carbons (Fsp3) is 0.303. The molecule has 0 saturated carbocycles. The molecular formula is C33H36N4O6. The molecular weight excluding hydrogens is 548 g/mol. The number of nitrogens with one attached hydrogen (secondary N) is 3. The van der Waals surface area contributed by atoms with Crippen LogP contribution in [0.15, 0.2) is 45.6 Å². The zero-order chi connectivity index (χ0) is 31.6. The molecule has 0 atom stereocenters. The highest BCUT2D eigenvalue weighted by molar-refractivity contribution is 6.30. The van der Waals surface area contributed by atoms with Crippen molar-refractivity contribution in [1.82, 2.24) is 15.3 Å². The van der Waals surface area contributed by atoms with Gasteiger partial charge in [0.25, 0.3) is 11.8 Å². The van der Waals surface area contributed by atoms with Crippen LogP contribution < -0.4 is 16.0 Å². The van der Waals surface area contributed by atoms with E-state index in [2.05, 4.69) is 26.9 Å². The number of allylic oxidation sites excluding steroid dienone is 2. The van der Waals surface area contributed by atoms with Crippen molar-refractivity contribution in [3.05, 3.63) is 85.0 Å². The Kier molecular flexibility index (Phi) is 8.99. The molecule has 4 rings (SSSR count). The van der Waals surface area contributed by atoms with Crippen molar-refractivity contribution in [2.24, 2.45) is 4.99 Å². The van der Waals surface area contributed by atoms with Crippen molar-refractivity contribution < 1.29 is 29.4 Å². The van der Waals surface area contributed by atoms with E-state index in [9.17, 15) is 29.4 Å². The van der Waals surface area contributed by atoms with Gasteiger partial charge in [0.15, 0.2) is 0 Å². The van der Waals surface area contributed by atoms with E-state index < -0.39 is 11.9 Å². The maximum Gasteiger partial charge on any atom is 0.303 e. The van der Waals surface area contributed by atoms with E-state index in [4.69, 9.17) is 0 Å². The number of hydrogen-bond acceptors (Lipinski definition) is 4. The maximum absolute atomic E-state index is 12.3. The second-order valence-corrected chi connectivity index (χ2v) is 10.7. The molecule has 10 heteroatoms. The van der Waals surface area contributed by atoms with E-state index in [1.54, 1.807) is 13.0 Å². The fourth-order valence-corrected chi connectivity index (χ4v) is 5.54. The van der Waals surface area contributed by atoms with E-state index in [1.165, 1.54) is 0 Å². The average Bonchev–Trinajstić information content (AvgIpc) is 3.59. The van der Waals surface area contributed by atoms with E-state index in [0.717, 1.165) is 27.8 Å². The van der Waals surface area contributed by atoms with Gasteiger partial charge in [-0.15, -0.1) is 0 Å². The SMILES string of the molecule is C=CC1=C(C)C(=O)N/C1=C\c1[nH]c(/C=c2/[nH]/c(=C/C3=NC(=O)C(CC)=C3C)c(C)c2CCC(=O)O)c(CCC(=O)O)c1C. The molecule has 0 aliphatic carbocycles. The molecule has 0 radical (unpaired) electrons. The molecule has 0 bridgehead atoms. The van der Waals surface area contributed by atoms with Gasteiger partial charge in [-0.25, -0.2) is 4.99 Å². The Balaban J connectivity index is 1.91. The Morgan fingerprint density at radius 3 is 2.07 bits per heavy atom. The molecule has 2 aliphatic heterocycles. The Hall–Kier alpha value is -4.99. The minimum absolute atomic E-state index is 0.0833. The van der Waals surface area contributed by atoms with Crippen molar-refractivity contribution in [1.29, 1.82) is 0 Å². The average molecular weight is 585 g/mol. The highest BCUT2D eigenvalue weighted by Gasteiger charge is 2.23. The smallest absolute Gasteiger partial charge is 0.303 e. The van der Waals surface area contributed by atoms with Crippen molar-refractivity contribution in [2.45, 2.75) is 66.7 Å². The number of nitrogens with zero attached hydrogens (tertiary/aromatic N) is 1. The first-order valence-electron chi connectivity index (χ1n) is 14.1. The van der Waals surface area contributed by atoms with Crippen molar-refractivity contribution in [3.63, 3.8) is 0 Å². The Morgan fingerprint density at radius 2 is 1.49 bits per heavy atom. The van der Waals surface area contributed by atoms with E-state index in [1.807, 2.05) is 45.9 Å². The molecule has 10 nitrogen and oxygen atoms in total. The quantitative estimate of drug-likeness (QED) is 0.272. The van der Waals surface area contributed by atoms with E-state index in [-0.39, 0.29) is 37.5 Å². The monoisotopic (exact) mass is 584 g/mol. The lowest BCUT2D eigenvalue weighted by Gasteiger charge is -2.02. The number of amides is 2. The molecule has 0 fully saturated rings. The summed E-state index contributed by atoms with van der Waals surface area (Å²) < 4.78 is 0. The van der Waals surface area contributed by atoms with Crippen LogP contribution in [0.25, 0.3) is 18.2 Å². The van der Waals surface area contributed by atoms with Crippen LogP contribution in [0.5, 0.6) is 0 Å². The number of carboxylic acid groups (broad SMARTS) is 2. The summed E-state index contributed by atoms with van der Waals surface area (Å²) in [5, 5.41) is 23.1. The summed E-state index contributed by atoms with van der Waals surface area (Å²) in [6.07, 6.45) is 8.02. The zero-order valence-corrected chi connectivity index (χ0v) is 25.0. The van der Waals surface area contributed by atoms with Crippen LogP contribution in [-0.4, -0.2) is 49.6 Å². The molecule has 0 aromatic carbocycles. The molecule has 2 aromatic heterocycles. The molecule has 0 spiro atoms. The van der Waals surface area contributed by atoms with Gasteiger partial charge in [0, 0.05) is 51.6 Å². The Bertz CT molecular complexity index is 1820. The van der Waals surface area contributed by atoms with Crippen molar-refractivity contribution >= 4 is 47.7 Å². The normalized spacial score (nSPS) is 17.0. The largest absolute Gasteiger partial charge is 0.481 e. The van der Waals surface area contributed by atoms with Gasteiger partial charge in [-0.2, -0.15) is 0 Å². The Morgan fingerprint density at radius 1 is 0.837 bits per heavy atom. The number of rotatable bonds is 11. The summed E-state index contributed by atoms with van der Waals surface area (Å²) >= 11 is 0. The standard InChI is InChI=1S/C33H36N4O6/c1-7-20-19(6)32(42)37-27(20)14-25-18(5)23(10-12-31(40)41)29(35-25)15-28-22(9-11-30(38)39)17(4)24(34-28)13-26-16(3)21(8-2)33(43)36-26/h7,13-15,34-35H,1,8-12H2,2-6H3,(H,37,42)(H,38,39)(H,40,41)/b24-13+,27-14-,28-15+. The number of carboxylic acids is 2. The predicted molar refractivity (Wildman–Crippen MR) is 165 cm³/mol. The van der Waals surface area contributed by atoms with Crippen LogP contribution in [-0.2, 0) is 32.0 Å². The second-order valence-electron chi connectivity index (χ2n) is 10.7. The van der Waals surface area contributed by atoms with E-state index in [0.29, 0.717) is 56.6 Å². The number of carbonyl (C=O) groups is 4. The first kappa shape index (κ1) is 31.0. The van der Waals surface area contributed by atoms with Gasteiger partial charge in [-0.05, 0) is 93.0 Å². The van der Waals surface area contributed by atoms with Crippen molar-refractivity contribution in [2.75, 3.05) is 0 Å². The van der Waals surface area contributed by atoms with Crippen LogP contribution in [0.2, 0.25) is 0 Å². The van der Waals surface area contributed by atoms with E-state index >= 15 is 0 Å². The minimum Gasteiger partial charge on any atom is -0.481 e. The summed E-state index contributed by atoms with van der Waals surface area (Å²) in [5.41, 5.74) is 8.50. The molecule has 0 unspecified atom stereocenters. The molecule has 4 heterocycles. The lowest BCUT2D eigenvalue weighted by Crippen LogP contribution is -2.15. The number of aromatic nitrogens is 2. The third-order valence-corrected chi connectivity index (χ3v) is 8.10. The second kappa shape index (κ2) is 12.5. The third-order valence-electron chi connectivity index (χ3n) is 8.10. The van der Waals surface area contributed by atoms with Crippen LogP contribution in [0.4, 0.5) is 0 Å². The highest BCUT2D eigenvalue weighted by atomic mass is 16.4. The van der Waals surface area contributed by atoms with Crippen LogP contribution in [0, 0.1) is 13.8 Å². The zero-order valence-electron chi connectivity index (χ0n) is 25.0. The van der Waals surface area contributed by atoms with Gasteiger partial charge in [-0.1, -0.05) is 19.6 Å². The fourth-order valence-electron chi connectivity index (χ4n) is 5.54. The number of aliphatic carboxylic acids is 2. The number of H-pyrrole nitrogens is 2. The topological polar surface area (TPSA) is 165 Å². The maximum atomic E-state index is 12.3. The van der Waals surface area contributed by atoms with Gasteiger partial charge in [0.1, 0.15) is 0 Å². The summed E-state index contributed by atoms with van der Waals surface area (Å²) in [5.74, 6) is -2.32. The summed E-state index contributed by atoms with van der Waals surface area (Å²) in [7, 11) is 0. The van der Waals surface area contributed by atoms with Gasteiger partial charge in [0.05, 0.1) is 11.4 Å². The number of aromatic amines is 2. The molecule has 2 aromatic rings. The molecule has 224 valence electrons. The van der Waals surface area contributed by atoms with Gasteiger partial charge < -0.3 is 25.5 Å². The molecule has 5 N–H and O–H groups in total. The Labute approximate surface area is 249 Å². The minimum atomic E-state index is -0.932. The number of hydrogen-bond donors (Lipinski definition) is 5. The summed E-state index contributed by atoms with van der Waals surface area (Å²) in [6.45, 7) is 13.1. The predicted octanol–water partition coefficient (Wildman–Crippen LogP) is 3.28.